The SMILES string of the molecule is CC(C)(c1ccccn1)[C@H](N)c1ccccc1-c1noc2ccccc12. The average molecular weight is 343 g/mol. The van der Waals surface area contributed by atoms with Gasteiger partial charge in [0.1, 0.15) is 5.69 Å². The van der Waals surface area contributed by atoms with Gasteiger partial charge in [0.25, 0.3) is 0 Å². The summed E-state index contributed by atoms with van der Waals surface area (Å²) in [5.41, 5.74) is 11.0. The van der Waals surface area contributed by atoms with Gasteiger partial charge in [0.2, 0.25) is 0 Å². The van der Waals surface area contributed by atoms with Crippen molar-refractivity contribution in [3.63, 3.8) is 0 Å². The molecule has 2 N–H and O–H groups in total. The Hall–Kier alpha value is -2.98. The third-order valence-corrected chi connectivity index (χ3v) is 5.03. The van der Waals surface area contributed by atoms with Gasteiger partial charge in [-0.3, -0.25) is 4.98 Å². The number of pyridine rings is 1. The summed E-state index contributed by atoms with van der Waals surface area (Å²) in [4.78, 5) is 4.53. The zero-order chi connectivity index (χ0) is 18.1. The summed E-state index contributed by atoms with van der Waals surface area (Å²) in [6, 6.07) is 21.7. The van der Waals surface area contributed by atoms with E-state index in [1.54, 1.807) is 6.20 Å². The maximum Gasteiger partial charge on any atom is 0.167 e. The van der Waals surface area contributed by atoms with Crippen molar-refractivity contribution in [1.29, 1.82) is 0 Å². The maximum atomic E-state index is 6.76. The first-order valence-electron chi connectivity index (χ1n) is 8.70. The molecule has 0 saturated heterocycles. The van der Waals surface area contributed by atoms with Gasteiger partial charge in [0, 0.05) is 34.3 Å². The van der Waals surface area contributed by atoms with Gasteiger partial charge in [0.05, 0.1) is 0 Å². The van der Waals surface area contributed by atoms with Crippen LogP contribution in [-0.4, -0.2) is 10.1 Å². The molecule has 2 aromatic heterocycles. The monoisotopic (exact) mass is 343 g/mol. The Labute approximate surface area is 152 Å². The van der Waals surface area contributed by atoms with Gasteiger partial charge in [-0.15, -0.1) is 0 Å². The molecule has 0 bridgehead atoms. The van der Waals surface area contributed by atoms with Crippen LogP contribution >= 0.6 is 0 Å². The van der Waals surface area contributed by atoms with Crippen molar-refractivity contribution < 1.29 is 4.52 Å². The minimum absolute atomic E-state index is 0.246. The molecule has 0 radical (unpaired) electrons. The lowest BCUT2D eigenvalue weighted by Gasteiger charge is -2.32. The van der Waals surface area contributed by atoms with Crippen LogP contribution in [0.15, 0.2) is 77.4 Å². The number of para-hydroxylation sites is 1. The summed E-state index contributed by atoms with van der Waals surface area (Å²) >= 11 is 0. The fourth-order valence-corrected chi connectivity index (χ4v) is 3.36. The quantitative estimate of drug-likeness (QED) is 0.574. The molecule has 0 aliphatic rings. The van der Waals surface area contributed by atoms with E-state index in [0.29, 0.717) is 0 Å². The van der Waals surface area contributed by atoms with Crippen LogP contribution in [0.4, 0.5) is 0 Å². The smallest absolute Gasteiger partial charge is 0.167 e. The van der Waals surface area contributed by atoms with E-state index in [0.717, 1.165) is 33.5 Å². The van der Waals surface area contributed by atoms with Crippen molar-refractivity contribution in [1.82, 2.24) is 10.1 Å². The van der Waals surface area contributed by atoms with E-state index < -0.39 is 0 Å². The average Bonchev–Trinajstić information content (AvgIpc) is 3.12. The molecule has 0 aliphatic heterocycles. The lowest BCUT2D eigenvalue weighted by atomic mass is 9.76. The van der Waals surface area contributed by atoms with Crippen molar-refractivity contribution in [3.8, 4) is 11.3 Å². The van der Waals surface area contributed by atoms with Crippen molar-refractivity contribution in [3.05, 3.63) is 84.2 Å². The summed E-state index contributed by atoms with van der Waals surface area (Å²) in [5, 5.41) is 5.31. The molecular weight excluding hydrogens is 322 g/mol. The number of hydrogen-bond acceptors (Lipinski definition) is 4. The van der Waals surface area contributed by atoms with Gasteiger partial charge in [-0.1, -0.05) is 61.5 Å². The Morgan fingerprint density at radius 1 is 0.923 bits per heavy atom. The number of hydrogen-bond donors (Lipinski definition) is 1. The number of benzene rings is 2. The Morgan fingerprint density at radius 3 is 2.46 bits per heavy atom. The van der Waals surface area contributed by atoms with Crippen molar-refractivity contribution in [2.24, 2.45) is 5.73 Å². The Bertz CT molecular complexity index is 1040. The number of fused-ring (bicyclic) bond motifs is 1. The highest BCUT2D eigenvalue weighted by Crippen LogP contribution is 2.39. The van der Waals surface area contributed by atoms with Crippen LogP contribution in [0.2, 0.25) is 0 Å². The van der Waals surface area contributed by atoms with E-state index in [1.807, 2.05) is 60.7 Å². The fraction of sp³-hybridized carbons (Fsp3) is 0.182. The highest BCUT2D eigenvalue weighted by Gasteiger charge is 2.33. The second kappa shape index (κ2) is 6.39. The molecule has 0 saturated carbocycles. The lowest BCUT2D eigenvalue weighted by molar-refractivity contribution is 0.409. The second-order valence-corrected chi connectivity index (χ2v) is 7.03. The molecule has 2 heterocycles. The number of nitrogens with two attached hydrogens (primary N) is 1. The summed E-state index contributed by atoms with van der Waals surface area (Å²) in [7, 11) is 0. The predicted molar refractivity (Wildman–Crippen MR) is 104 cm³/mol. The van der Waals surface area contributed by atoms with E-state index in [-0.39, 0.29) is 11.5 Å². The van der Waals surface area contributed by atoms with Gasteiger partial charge in [-0.05, 0) is 29.8 Å². The topological polar surface area (TPSA) is 64.9 Å². The van der Waals surface area contributed by atoms with Crippen molar-refractivity contribution in [2.75, 3.05) is 0 Å². The van der Waals surface area contributed by atoms with Gasteiger partial charge in [-0.2, -0.15) is 0 Å². The number of nitrogens with zero attached hydrogens (tertiary/aromatic N) is 2. The molecule has 4 nitrogen and oxygen atoms in total. The highest BCUT2D eigenvalue weighted by molar-refractivity contribution is 5.92. The minimum Gasteiger partial charge on any atom is -0.356 e. The normalized spacial score (nSPS) is 13.0. The Morgan fingerprint density at radius 2 is 1.65 bits per heavy atom. The van der Waals surface area contributed by atoms with Crippen LogP contribution in [-0.2, 0) is 5.41 Å². The largest absolute Gasteiger partial charge is 0.356 e. The lowest BCUT2D eigenvalue weighted by Crippen LogP contribution is -2.34. The van der Waals surface area contributed by atoms with E-state index in [1.165, 1.54) is 0 Å². The predicted octanol–water partition coefficient (Wildman–Crippen LogP) is 4.87. The molecule has 130 valence electrons. The zero-order valence-electron chi connectivity index (χ0n) is 14.9. The fourth-order valence-electron chi connectivity index (χ4n) is 3.36. The third kappa shape index (κ3) is 2.68. The van der Waals surface area contributed by atoms with Crippen LogP contribution in [0, 0.1) is 0 Å². The molecule has 0 unspecified atom stereocenters. The molecule has 2 aromatic carbocycles. The second-order valence-electron chi connectivity index (χ2n) is 7.03. The van der Waals surface area contributed by atoms with E-state index >= 15 is 0 Å². The molecule has 0 aliphatic carbocycles. The molecular formula is C22H21N3O. The van der Waals surface area contributed by atoms with Crippen LogP contribution in [0.3, 0.4) is 0 Å². The molecule has 4 aromatic rings. The van der Waals surface area contributed by atoms with Crippen molar-refractivity contribution in [2.45, 2.75) is 25.3 Å². The van der Waals surface area contributed by atoms with E-state index in [9.17, 15) is 0 Å². The maximum absolute atomic E-state index is 6.76. The third-order valence-electron chi connectivity index (χ3n) is 5.03. The van der Waals surface area contributed by atoms with Gasteiger partial charge >= 0.3 is 0 Å². The first kappa shape index (κ1) is 16.5. The molecule has 4 rings (SSSR count). The number of aromatic nitrogens is 2. The van der Waals surface area contributed by atoms with Crippen LogP contribution in [0.1, 0.15) is 31.1 Å². The molecule has 26 heavy (non-hydrogen) atoms. The Balaban J connectivity index is 1.84. The minimum atomic E-state index is -0.336. The summed E-state index contributed by atoms with van der Waals surface area (Å²) < 4.78 is 5.51. The summed E-state index contributed by atoms with van der Waals surface area (Å²) in [6.45, 7) is 4.25. The summed E-state index contributed by atoms with van der Waals surface area (Å²) in [6.07, 6.45) is 1.81. The molecule has 1 atom stereocenters. The molecule has 0 fully saturated rings. The molecule has 4 heteroatoms. The van der Waals surface area contributed by atoms with Gasteiger partial charge in [-0.25, -0.2) is 0 Å². The number of rotatable bonds is 4. The molecule has 0 amide bonds. The van der Waals surface area contributed by atoms with Crippen LogP contribution < -0.4 is 5.73 Å². The highest BCUT2D eigenvalue weighted by atomic mass is 16.5. The first-order chi connectivity index (χ1) is 12.6. The first-order valence-corrected chi connectivity index (χ1v) is 8.70. The van der Waals surface area contributed by atoms with Gasteiger partial charge < -0.3 is 10.3 Å². The van der Waals surface area contributed by atoms with Crippen LogP contribution in [0.25, 0.3) is 22.2 Å². The summed E-state index contributed by atoms with van der Waals surface area (Å²) in [5.74, 6) is 0. The zero-order valence-corrected chi connectivity index (χ0v) is 14.9. The standard InChI is InChI=1S/C22H21N3O/c1-22(2,19-13-7-8-14-24-19)21(23)16-10-4-3-9-15(16)20-17-11-5-6-12-18(17)26-25-20/h3-14,21H,23H2,1-2H3/t21-/m1/s1. The Kier molecular flexibility index (Phi) is 4.05. The van der Waals surface area contributed by atoms with Crippen molar-refractivity contribution >= 4 is 11.0 Å². The van der Waals surface area contributed by atoms with E-state index in [4.69, 9.17) is 10.3 Å². The van der Waals surface area contributed by atoms with Gasteiger partial charge in [0.15, 0.2) is 5.58 Å². The van der Waals surface area contributed by atoms with E-state index in [2.05, 4.69) is 30.1 Å². The molecule has 0 spiro atoms. The van der Waals surface area contributed by atoms with Crippen LogP contribution in [0.5, 0.6) is 0 Å².